The third-order valence-corrected chi connectivity index (χ3v) is 22.1. The van der Waals surface area contributed by atoms with Crippen LogP contribution in [0.5, 0.6) is 0 Å². The lowest BCUT2D eigenvalue weighted by Gasteiger charge is -2.72. The minimum absolute atomic E-state index is 0.133. The van der Waals surface area contributed by atoms with Gasteiger partial charge in [-0.2, -0.15) is 0 Å². The molecule has 11 rings (SSSR count). The topological polar surface area (TPSA) is 24.1 Å². The highest BCUT2D eigenvalue weighted by Gasteiger charge is 2.69. The summed E-state index contributed by atoms with van der Waals surface area (Å²) in [7, 11) is 2.37. The molecule has 3 atom stereocenters. The number of nitrogens with one attached hydrogen (secondary N) is 2. The van der Waals surface area contributed by atoms with Crippen LogP contribution in [-0.4, -0.2) is 32.7 Å². The molecule has 1 aromatic rings. The Morgan fingerprint density at radius 3 is 1.52 bits per heavy atom. The third kappa shape index (κ3) is 4.72. The highest BCUT2D eigenvalue weighted by Crippen LogP contribution is 2.78. The van der Waals surface area contributed by atoms with Gasteiger partial charge in [-0.05, 0) is 179 Å². The van der Waals surface area contributed by atoms with E-state index in [9.17, 15) is 0 Å². The Morgan fingerprint density at radius 2 is 1.16 bits per heavy atom. The van der Waals surface area contributed by atoms with Crippen LogP contribution >= 0.6 is 17.2 Å². The molecule has 10 fully saturated rings. The second-order valence-electron chi connectivity index (χ2n) is 19.2. The van der Waals surface area contributed by atoms with Gasteiger partial charge in [0.25, 0.3) is 0 Å². The molecule has 8 aliphatic carbocycles. The monoisotopic (exact) mass is 648 g/mol. The Balaban J connectivity index is 1.22. The Hall–Kier alpha value is 0.217. The van der Waals surface area contributed by atoms with Crippen LogP contribution in [0, 0.1) is 46.3 Å². The van der Waals surface area contributed by atoms with Crippen molar-refractivity contribution in [2.45, 2.75) is 145 Å². The van der Waals surface area contributed by atoms with Crippen molar-refractivity contribution in [1.82, 2.24) is 10.6 Å². The molecule has 2 aliphatic heterocycles. The molecule has 8 saturated carbocycles. The van der Waals surface area contributed by atoms with Gasteiger partial charge in [0.2, 0.25) is 0 Å². The number of hydrogen-bond acceptors (Lipinski definition) is 2. The molecule has 3 unspecified atom stereocenters. The highest BCUT2D eigenvalue weighted by molar-refractivity contribution is 7.58. The maximum Gasteiger partial charge on any atom is 0.0776 e. The van der Waals surface area contributed by atoms with Crippen molar-refractivity contribution in [2.24, 2.45) is 46.3 Å². The summed E-state index contributed by atoms with van der Waals surface area (Å²) in [6.45, 7) is 10.3. The minimum atomic E-state index is -1.43. The smallest absolute Gasteiger partial charge is 0.0776 e. The lowest BCUT2D eigenvalue weighted by Crippen LogP contribution is -2.64. The van der Waals surface area contributed by atoms with Gasteiger partial charge in [0.1, 0.15) is 0 Å². The molecule has 10 aliphatic rings. The fourth-order valence-electron chi connectivity index (χ4n) is 14.4. The van der Waals surface area contributed by atoms with Gasteiger partial charge in [-0.25, -0.2) is 0 Å². The van der Waals surface area contributed by atoms with Gasteiger partial charge in [0.15, 0.2) is 0 Å². The summed E-state index contributed by atoms with van der Waals surface area (Å²) < 4.78 is 0. The fraction of sp³-hybridized carbons (Fsp3) is 0.846. The van der Waals surface area contributed by atoms with Crippen LogP contribution < -0.4 is 15.8 Å². The van der Waals surface area contributed by atoms with Crippen molar-refractivity contribution in [1.29, 1.82) is 0 Å². The summed E-state index contributed by atoms with van der Waals surface area (Å²) >= 11 is 0. The van der Waals surface area contributed by atoms with E-state index < -0.39 is 8.07 Å². The van der Waals surface area contributed by atoms with Crippen LogP contribution in [0.2, 0.25) is 19.6 Å². The molecule has 0 radical (unpaired) electrons. The van der Waals surface area contributed by atoms with Crippen LogP contribution in [0.1, 0.15) is 114 Å². The molecule has 2 N–H and O–H groups in total. The Morgan fingerprint density at radius 1 is 0.727 bits per heavy atom. The maximum absolute atomic E-state index is 4.07. The van der Waals surface area contributed by atoms with Crippen molar-refractivity contribution >= 4 is 30.4 Å². The molecule has 5 heteroatoms. The highest BCUT2D eigenvalue weighted by atomic mass is 31.1. The first-order valence-electron chi connectivity index (χ1n) is 19.3. The largest absolute Gasteiger partial charge is 0.310 e. The number of rotatable bonds is 8. The molecular weight excluding hydrogens is 586 g/mol. The molecule has 0 spiro atoms. The van der Waals surface area contributed by atoms with Crippen LogP contribution in [0.4, 0.5) is 0 Å². The molecule has 242 valence electrons. The average molecular weight is 649 g/mol. The Bertz CT molecular complexity index is 1130. The summed E-state index contributed by atoms with van der Waals surface area (Å²) in [5.74, 6) is 7.60. The van der Waals surface area contributed by atoms with Gasteiger partial charge in [0, 0.05) is 16.7 Å². The second kappa shape index (κ2) is 10.9. The predicted molar refractivity (Wildman–Crippen MR) is 195 cm³/mol. The van der Waals surface area contributed by atoms with Crippen LogP contribution in [0.25, 0.3) is 0 Å². The van der Waals surface area contributed by atoms with Gasteiger partial charge in [0.05, 0.1) is 8.07 Å². The minimum Gasteiger partial charge on any atom is -0.310 e. The van der Waals surface area contributed by atoms with Gasteiger partial charge in [-0.3, -0.25) is 0 Å². The van der Waals surface area contributed by atoms with Gasteiger partial charge in [-0.1, -0.05) is 50.9 Å². The molecule has 0 amide bonds. The number of hydrogen-bond donors (Lipinski definition) is 2. The summed E-state index contributed by atoms with van der Waals surface area (Å²) in [4.78, 5) is 0. The summed E-state index contributed by atoms with van der Waals surface area (Å²) in [6, 6.07) is 8.38. The third-order valence-electron chi connectivity index (χ3n) is 15.4. The lowest BCUT2D eigenvalue weighted by atomic mass is 9.37. The van der Waals surface area contributed by atoms with E-state index in [1.807, 2.05) is 11.1 Å². The van der Waals surface area contributed by atoms with E-state index in [0.717, 1.165) is 47.1 Å². The first-order valence-corrected chi connectivity index (χ1v) is 25.0. The zero-order valence-electron chi connectivity index (χ0n) is 28.3. The van der Waals surface area contributed by atoms with E-state index >= 15 is 0 Å². The SMILES string of the molecule is C[Si](C)(C)c1ccc(C(P)(C23CC4CC(CC(C4)C2)C3)C23CC4CC(CC(C4)C2)C3)c(CP(C2CCCN2)C2CCCN2)c1. The maximum atomic E-state index is 4.07. The normalized spacial score (nSPS) is 46.1. The number of benzene rings is 1. The standard InChI is InChI=1S/C39H62N2P2Si/c1-44(2,3)33-8-9-34(32(18-33)25-43(35-6-4-10-40-35)36-7-5-11-41-36)39(42,37-19-26-12-27(20-37)14-28(13-26)21-37)38-22-29-15-30(23-38)17-31(16-29)24-38/h8-9,18,26-31,35-36,40-41H,4-7,10-17,19-25,42H2,1-3H3. The molecule has 8 bridgehead atoms. The van der Waals surface area contributed by atoms with Crippen molar-refractivity contribution in [3.8, 4) is 0 Å². The van der Waals surface area contributed by atoms with Crippen molar-refractivity contribution < 1.29 is 0 Å². The lowest BCUT2D eigenvalue weighted by molar-refractivity contribution is -0.158. The molecule has 0 aromatic heterocycles. The van der Waals surface area contributed by atoms with Crippen LogP contribution in [0.3, 0.4) is 0 Å². The fourth-order valence-corrected chi connectivity index (χ4v) is 19.9. The molecular formula is C39H62N2P2Si. The molecule has 1 aromatic carbocycles. The average Bonchev–Trinajstić information content (AvgIpc) is 3.69. The quantitative estimate of drug-likeness (QED) is 0.217. The Kier molecular flexibility index (Phi) is 7.48. The van der Waals surface area contributed by atoms with E-state index in [-0.39, 0.29) is 13.1 Å². The zero-order valence-corrected chi connectivity index (χ0v) is 31.4. The first kappa shape index (κ1) is 30.3. The molecule has 2 nitrogen and oxygen atoms in total. The molecule has 2 heterocycles. The summed E-state index contributed by atoms with van der Waals surface area (Å²) in [5.41, 5.74) is 4.72. The predicted octanol–water partition coefficient (Wildman–Crippen LogP) is 9.14. The Labute approximate surface area is 274 Å². The van der Waals surface area contributed by atoms with Gasteiger partial charge >= 0.3 is 0 Å². The molecule has 2 saturated heterocycles. The van der Waals surface area contributed by atoms with Crippen molar-refractivity contribution in [3.63, 3.8) is 0 Å². The van der Waals surface area contributed by atoms with Crippen molar-refractivity contribution in [2.75, 3.05) is 13.1 Å². The van der Waals surface area contributed by atoms with E-state index in [1.54, 1.807) is 82.2 Å². The van der Waals surface area contributed by atoms with E-state index in [4.69, 9.17) is 0 Å². The van der Waals surface area contributed by atoms with Gasteiger partial charge < -0.3 is 10.6 Å². The second-order valence-corrected chi connectivity index (χ2v) is 27.8. The summed E-state index contributed by atoms with van der Waals surface area (Å²) in [5, 5.41) is 10.1. The van der Waals surface area contributed by atoms with Crippen molar-refractivity contribution in [3.05, 3.63) is 29.3 Å². The van der Waals surface area contributed by atoms with E-state index in [0.29, 0.717) is 10.8 Å². The van der Waals surface area contributed by atoms with Crippen LogP contribution in [-0.2, 0) is 11.3 Å². The first-order chi connectivity index (χ1) is 21.1. The van der Waals surface area contributed by atoms with Gasteiger partial charge in [-0.15, -0.1) is 9.24 Å². The van der Waals surface area contributed by atoms with E-state index in [2.05, 4.69) is 57.7 Å². The molecule has 44 heavy (non-hydrogen) atoms. The zero-order chi connectivity index (χ0) is 29.9. The van der Waals surface area contributed by atoms with E-state index in [1.165, 1.54) is 44.9 Å². The summed E-state index contributed by atoms with van der Waals surface area (Å²) in [6.07, 6.45) is 25.6. The van der Waals surface area contributed by atoms with Crippen LogP contribution in [0.15, 0.2) is 18.2 Å².